The van der Waals surface area contributed by atoms with Crippen molar-refractivity contribution in [2.75, 3.05) is 7.05 Å². The third kappa shape index (κ3) is 5.03. The largest absolute Gasteiger partial charge is 0.337 e. The van der Waals surface area contributed by atoms with Crippen LogP contribution < -0.4 is 5.32 Å². The van der Waals surface area contributed by atoms with Gasteiger partial charge in [0.15, 0.2) is 11.5 Å². The van der Waals surface area contributed by atoms with Gasteiger partial charge in [0.2, 0.25) is 0 Å². The highest BCUT2D eigenvalue weighted by atomic mass is 19.1. The van der Waals surface area contributed by atoms with E-state index >= 15 is 0 Å². The van der Waals surface area contributed by atoms with Gasteiger partial charge in [0.05, 0.1) is 12.1 Å². The van der Waals surface area contributed by atoms with Crippen molar-refractivity contribution < 1.29 is 22.8 Å². The number of halogens is 3. The number of amides is 2. The molecule has 4 aromatic rings. The molecule has 40 heavy (non-hydrogen) atoms. The summed E-state index contributed by atoms with van der Waals surface area (Å²) in [5.41, 5.74) is 0.687. The van der Waals surface area contributed by atoms with Crippen LogP contribution >= 0.6 is 0 Å². The summed E-state index contributed by atoms with van der Waals surface area (Å²) in [4.78, 5) is 33.9. The molecule has 2 heterocycles. The van der Waals surface area contributed by atoms with E-state index < -0.39 is 23.1 Å². The number of nitrogens with one attached hydrogen (secondary N) is 2. The van der Waals surface area contributed by atoms with Crippen LogP contribution in [0.15, 0.2) is 91.3 Å². The minimum absolute atomic E-state index is 0.0788. The first-order valence-electron chi connectivity index (χ1n) is 12.3. The van der Waals surface area contributed by atoms with Gasteiger partial charge in [-0.3, -0.25) is 24.9 Å². The average molecular weight is 544 g/mol. The van der Waals surface area contributed by atoms with Crippen molar-refractivity contribution in [3.8, 4) is 0 Å². The second kappa shape index (κ2) is 10.6. The van der Waals surface area contributed by atoms with E-state index in [0.29, 0.717) is 16.7 Å². The number of nitrogens with zero attached hydrogens (tertiary/aromatic N) is 3. The second-order valence-electron chi connectivity index (χ2n) is 9.50. The predicted molar refractivity (Wildman–Crippen MR) is 141 cm³/mol. The Morgan fingerprint density at radius 2 is 1.40 bits per heavy atom. The molecule has 0 unspecified atom stereocenters. The summed E-state index contributed by atoms with van der Waals surface area (Å²) in [6, 6.07) is 18.0. The summed E-state index contributed by atoms with van der Waals surface area (Å²) >= 11 is 0. The lowest BCUT2D eigenvalue weighted by molar-refractivity contribution is -0.130. The van der Waals surface area contributed by atoms with Crippen LogP contribution in [0, 0.1) is 22.9 Å². The van der Waals surface area contributed by atoms with E-state index in [0.717, 1.165) is 5.56 Å². The van der Waals surface area contributed by atoms with E-state index in [1.165, 1.54) is 82.9 Å². The first kappa shape index (κ1) is 26.6. The molecule has 1 aromatic heterocycles. The Kier molecular flexibility index (Phi) is 7.08. The van der Waals surface area contributed by atoms with Crippen LogP contribution in [0.5, 0.6) is 0 Å². The minimum atomic E-state index is -1.59. The summed E-state index contributed by atoms with van der Waals surface area (Å²) in [6.45, 7) is 0.172. The van der Waals surface area contributed by atoms with Crippen molar-refractivity contribution in [1.29, 1.82) is 5.41 Å². The average Bonchev–Trinajstić information content (AvgIpc) is 3.20. The third-order valence-corrected chi connectivity index (χ3v) is 6.76. The highest BCUT2D eigenvalue weighted by Crippen LogP contribution is 2.36. The molecule has 3 aromatic carbocycles. The topological polar surface area (TPSA) is 89.4 Å². The number of hydrogen-bond donors (Lipinski definition) is 2. The maximum atomic E-state index is 14.0. The predicted octanol–water partition coefficient (Wildman–Crippen LogP) is 4.58. The standard InChI is InChI=1S/C30H24F3N5O2/c1-37(17-19-2-8-24(31)9-3-19)27(39)21-14-20(15-35-16-21)18-38-28(40)30(36-29(38)34,22-4-10-25(32)11-5-22)23-6-12-26(33)13-7-23/h2-16H,17-18H2,1H3,(H2,34,36). The van der Waals surface area contributed by atoms with Crippen molar-refractivity contribution in [3.63, 3.8) is 0 Å². The van der Waals surface area contributed by atoms with Gasteiger partial charge in [-0.25, -0.2) is 13.2 Å². The lowest BCUT2D eigenvalue weighted by atomic mass is 9.82. The van der Waals surface area contributed by atoms with Gasteiger partial charge in [0.25, 0.3) is 11.8 Å². The summed E-state index contributed by atoms with van der Waals surface area (Å²) < 4.78 is 40.7. The first-order valence-corrected chi connectivity index (χ1v) is 12.3. The van der Waals surface area contributed by atoms with Crippen molar-refractivity contribution in [2.45, 2.75) is 18.6 Å². The van der Waals surface area contributed by atoms with Gasteiger partial charge in [-0.15, -0.1) is 0 Å². The Bertz CT molecular complexity index is 1530. The van der Waals surface area contributed by atoms with Crippen LogP contribution in [-0.4, -0.2) is 39.6 Å². The van der Waals surface area contributed by atoms with Gasteiger partial charge in [-0.2, -0.15) is 0 Å². The summed E-state index contributed by atoms with van der Waals surface area (Å²) in [5, 5.41) is 11.5. The molecule has 5 rings (SSSR count). The molecule has 2 amide bonds. The fourth-order valence-corrected chi connectivity index (χ4v) is 4.74. The zero-order valence-electron chi connectivity index (χ0n) is 21.4. The molecule has 0 bridgehead atoms. The fourth-order valence-electron chi connectivity index (χ4n) is 4.74. The van der Waals surface area contributed by atoms with Gasteiger partial charge in [-0.1, -0.05) is 36.4 Å². The van der Waals surface area contributed by atoms with Gasteiger partial charge in [0, 0.05) is 26.0 Å². The van der Waals surface area contributed by atoms with Crippen LogP contribution in [0.3, 0.4) is 0 Å². The van der Waals surface area contributed by atoms with Gasteiger partial charge in [-0.05, 0) is 64.7 Å². The second-order valence-corrected chi connectivity index (χ2v) is 9.50. The monoisotopic (exact) mass is 543 g/mol. The fraction of sp³-hybridized carbons (Fsp3) is 0.133. The van der Waals surface area contributed by atoms with Crippen LogP contribution in [0.25, 0.3) is 0 Å². The van der Waals surface area contributed by atoms with Crippen molar-refractivity contribution in [1.82, 2.24) is 20.1 Å². The molecular formula is C30H24F3N5O2. The Labute approximate surface area is 228 Å². The lowest BCUT2D eigenvalue weighted by Gasteiger charge is -2.28. The van der Waals surface area contributed by atoms with Gasteiger partial charge < -0.3 is 10.2 Å². The molecule has 10 heteroatoms. The Morgan fingerprint density at radius 3 is 1.95 bits per heavy atom. The zero-order chi connectivity index (χ0) is 28.4. The molecule has 0 saturated carbocycles. The molecule has 0 atom stereocenters. The maximum absolute atomic E-state index is 14.0. The van der Waals surface area contributed by atoms with Crippen LogP contribution in [0.2, 0.25) is 0 Å². The number of hydrogen-bond acceptors (Lipinski definition) is 4. The van der Waals surface area contributed by atoms with Crippen LogP contribution in [0.4, 0.5) is 13.2 Å². The lowest BCUT2D eigenvalue weighted by Crippen LogP contribution is -2.45. The van der Waals surface area contributed by atoms with Crippen LogP contribution in [0.1, 0.15) is 32.6 Å². The zero-order valence-corrected chi connectivity index (χ0v) is 21.4. The molecule has 0 aliphatic carbocycles. The molecule has 1 aliphatic heterocycles. The van der Waals surface area contributed by atoms with Crippen molar-refractivity contribution >= 4 is 17.8 Å². The van der Waals surface area contributed by atoms with Gasteiger partial charge in [0.1, 0.15) is 17.5 Å². The van der Waals surface area contributed by atoms with E-state index in [2.05, 4.69) is 10.3 Å². The quantitative estimate of drug-likeness (QED) is 0.357. The number of rotatable bonds is 7. The molecule has 1 aliphatic rings. The van der Waals surface area contributed by atoms with Gasteiger partial charge >= 0.3 is 0 Å². The van der Waals surface area contributed by atoms with E-state index in [4.69, 9.17) is 5.41 Å². The van der Waals surface area contributed by atoms with E-state index in [-0.39, 0.29) is 36.3 Å². The Morgan fingerprint density at radius 1 is 0.875 bits per heavy atom. The molecule has 2 N–H and O–H groups in total. The smallest absolute Gasteiger partial charge is 0.264 e. The van der Waals surface area contributed by atoms with E-state index in [1.54, 1.807) is 25.2 Å². The van der Waals surface area contributed by atoms with Crippen molar-refractivity contribution in [3.05, 3.63) is 137 Å². The molecule has 0 radical (unpaired) electrons. The number of benzene rings is 3. The highest BCUT2D eigenvalue weighted by Gasteiger charge is 2.52. The number of aromatic nitrogens is 1. The first-order chi connectivity index (χ1) is 19.2. The number of carbonyl (C=O) groups excluding carboxylic acids is 2. The number of carbonyl (C=O) groups is 2. The van der Waals surface area contributed by atoms with E-state index in [9.17, 15) is 22.8 Å². The summed E-state index contributed by atoms with van der Waals surface area (Å²) in [7, 11) is 1.61. The number of guanidine groups is 1. The normalized spacial score (nSPS) is 14.2. The molecule has 202 valence electrons. The third-order valence-electron chi connectivity index (χ3n) is 6.76. The molecule has 0 spiro atoms. The SMILES string of the molecule is CN(Cc1ccc(F)cc1)C(=O)c1cncc(CN2C(=N)NC(c3ccc(F)cc3)(c3ccc(F)cc3)C2=O)c1. The van der Waals surface area contributed by atoms with E-state index in [1.807, 2.05) is 0 Å². The Hall–Kier alpha value is -4.99. The Balaban J connectivity index is 1.41. The molecule has 7 nitrogen and oxygen atoms in total. The minimum Gasteiger partial charge on any atom is -0.337 e. The molecule has 1 fully saturated rings. The summed E-state index contributed by atoms with van der Waals surface area (Å²) in [5.74, 6) is -2.43. The van der Waals surface area contributed by atoms with Crippen LogP contribution in [-0.2, 0) is 23.4 Å². The maximum Gasteiger partial charge on any atom is 0.264 e. The highest BCUT2D eigenvalue weighted by molar-refractivity contribution is 6.10. The summed E-state index contributed by atoms with van der Waals surface area (Å²) in [6.07, 6.45) is 2.90. The number of pyridine rings is 1. The molecular weight excluding hydrogens is 519 g/mol. The molecule has 1 saturated heterocycles. The van der Waals surface area contributed by atoms with Crippen molar-refractivity contribution in [2.24, 2.45) is 0 Å².